The Hall–Kier alpha value is -1.50. The van der Waals surface area contributed by atoms with Crippen molar-refractivity contribution in [2.75, 3.05) is 0 Å². The monoisotopic (exact) mass is 251 g/mol. The Kier molecular flexibility index (Phi) is 2.99. The fourth-order valence-electron chi connectivity index (χ4n) is 3.34. The molecule has 0 spiro atoms. The van der Waals surface area contributed by atoms with Crippen LogP contribution in [0.4, 0.5) is 0 Å². The van der Waals surface area contributed by atoms with Gasteiger partial charge >= 0.3 is 5.97 Å². The van der Waals surface area contributed by atoms with Gasteiger partial charge in [-0.15, -0.1) is 5.10 Å². The van der Waals surface area contributed by atoms with Gasteiger partial charge in [-0.3, -0.25) is 4.79 Å². The van der Waals surface area contributed by atoms with Crippen molar-refractivity contribution in [3.05, 3.63) is 6.33 Å². The first kappa shape index (κ1) is 11.6. The van der Waals surface area contributed by atoms with Crippen LogP contribution < -0.4 is 5.32 Å². The van der Waals surface area contributed by atoms with Crippen LogP contribution in [0.5, 0.6) is 0 Å². The number of carbonyl (C=O) groups is 1. The number of tetrazole rings is 1. The Bertz CT molecular complexity index is 421. The first-order valence-corrected chi connectivity index (χ1v) is 6.42. The van der Waals surface area contributed by atoms with E-state index in [1.165, 1.54) is 0 Å². The molecule has 4 atom stereocenters. The van der Waals surface area contributed by atoms with Crippen molar-refractivity contribution in [2.24, 2.45) is 11.8 Å². The van der Waals surface area contributed by atoms with Gasteiger partial charge in [-0.25, -0.2) is 4.68 Å². The molecule has 1 aromatic rings. The van der Waals surface area contributed by atoms with Crippen LogP contribution in [0.25, 0.3) is 0 Å². The highest BCUT2D eigenvalue weighted by Gasteiger charge is 2.40. The van der Waals surface area contributed by atoms with Gasteiger partial charge in [0.1, 0.15) is 12.4 Å². The van der Waals surface area contributed by atoms with Gasteiger partial charge in [-0.1, -0.05) is 0 Å². The predicted molar refractivity (Wildman–Crippen MR) is 61.6 cm³/mol. The van der Waals surface area contributed by atoms with Crippen molar-refractivity contribution in [3.8, 4) is 0 Å². The lowest BCUT2D eigenvalue weighted by molar-refractivity contribution is -0.139. The Morgan fingerprint density at radius 3 is 3.06 bits per heavy atom. The highest BCUT2D eigenvalue weighted by atomic mass is 16.4. The lowest BCUT2D eigenvalue weighted by Gasteiger charge is -2.31. The minimum atomic E-state index is -0.721. The van der Waals surface area contributed by atoms with E-state index in [2.05, 4.69) is 20.8 Å². The lowest BCUT2D eigenvalue weighted by atomic mass is 9.78. The zero-order valence-electron chi connectivity index (χ0n) is 10.1. The largest absolute Gasteiger partial charge is 0.480 e. The van der Waals surface area contributed by atoms with Crippen LogP contribution in [0, 0.1) is 11.8 Å². The number of nitrogens with zero attached hydrogens (tertiary/aromatic N) is 4. The van der Waals surface area contributed by atoms with Crippen LogP contribution in [0.2, 0.25) is 0 Å². The summed E-state index contributed by atoms with van der Waals surface area (Å²) in [6, 6.07) is 0.0306. The van der Waals surface area contributed by atoms with Gasteiger partial charge in [-0.05, 0) is 47.9 Å². The second kappa shape index (κ2) is 4.64. The number of aromatic nitrogens is 4. The highest BCUT2D eigenvalue weighted by Crippen LogP contribution is 2.37. The molecule has 2 aliphatic rings. The number of carboxylic acid groups (broad SMARTS) is 1. The summed E-state index contributed by atoms with van der Waals surface area (Å²) in [7, 11) is 0. The van der Waals surface area contributed by atoms with Gasteiger partial charge < -0.3 is 10.4 Å². The summed E-state index contributed by atoms with van der Waals surface area (Å²) >= 11 is 0. The maximum atomic E-state index is 11.0. The molecule has 7 heteroatoms. The van der Waals surface area contributed by atoms with Gasteiger partial charge in [0.05, 0.1) is 0 Å². The number of nitrogens with one attached hydrogen (secondary N) is 1. The van der Waals surface area contributed by atoms with Gasteiger partial charge in [0.2, 0.25) is 0 Å². The van der Waals surface area contributed by atoms with Crippen LogP contribution in [-0.2, 0) is 11.3 Å². The Balaban J connectivity index is 1.59. The third-order valence-corrected chi connectivity index (χ3v) is 4.18. The maximum Gasteiger partial charge on any atom is 0.320 e. The minimum absolute atomic E-state index is 0.355. The normalized spacial score (nSPS) is 35.3. The molecule has 0 amide bonds. The minimum Gasteiger partial charge on any atom is -0.480 e. The van der Waals surface area contributed by atoms with Gasteiger partial charge in [0.15, 0.2) is 0 Å². The third kappa shape index (κ3) is 2.22. The summed E-state index contributed by atoms with van der Waals surface area (Å²) in [5, 5.41) is 23.4. The summed E-state index contributed by atoms with van der Waals surface area (Å²) in [5.41, 5.74) is 0. The van der Waals surface area contributed by atoms with Crippen LogP contribution in [0.1, 0.15) is 25.7 Å². The van der Waals surface area contributed by atoms with E-state index in [1.54, 1.807) is 11.0 Å². The van der Waals surface area contributed by atoms with Crippen molar-refractivity contribution >= 4 is 5.97 Å². The van der Waals surface area contributed by atoms with Crippen molar-refractivity contribution in [1.29, 1.82) is 0 Å². The molecule has 2 fully saturated rings. The molecule has 7 nitrogen and oxygen atoms in total. The molecule has 18 heavy (non-hydrogen) atoms. The quantitative estimate of drug-likeness (QED) is 0.779. The number of carboxylic acids is 1. The van der Waals surface area contributed by atoms with Crippen molar-refractivity contribution in [3.63, 3.8) is 0 Å². The van der Waals surface area contributed by atoms with Crippen LogP contribution >= 0.6 is 0 Å². The molecule has 2 heterocycles. The van der Waals surface area contributed by atoms with Crippen molar-refractivity contribution < 1.29 is 9.90 Å². The topological polar surface area (TPSA) is 92.9 Å². The van der Waals surface area contributed by atoms with E-state index in [1.807, 2.05) is 0 Å². The molecule has 0 radical (unpaired) electrons. The van der Waals surface area contributed by atoms with E-state index in [0.29, 0.717) is 17.9 Å². The molecule has 1 saturated carbocycles. The molecule has 0 aromatic carbocycles. The van der Waals surface area contributed by atoms with Crippen molar-refractivity contribution in [2.45, 2.75) is 44.3 Å². The molecule has 3 rings (SSSR count). The number of aliphatic carboxylic acids is 1. The number of rotatable bonds is 3. The summed E-state index contributed by atoms with van der Waals surface area (Å²) in [6.07, 6.45) is 5.63. The summed E-state index contributed by atoms with van der Waals surface area (Å²) in [4.78, 5) is 11.0. The van der Waals surface area contributed by atoms with E-state index in [-0.39, 0.29) is 6.04 Å². The van der Waals surface area contributed by atoms with E-state index in [0.717, 1.165) is 32.2 Å². The fourth-order valence-corrected chi connectivity index (χ4v) is 3.34. The van der Waals surface area contributed by atoms with E-state index < -0.39 is 5.97 Å². The molecule has 1 aliphatic heterocycles. The second-order valence-electron chi connectivity index (χ2n) is 5.37. The number of fused-ring (bicyclic) bond motifs is 1. The molecule has 1 aliphatic carbocycles. The number of hydrogen-bond acceptors (Lipinski definition) is 5. The Labute approximate surface area is 105 Å². The summed E-state index contributed by atoms with van der Waals surface area (Å²) < 4.78 is 1.77. The predicted octanol–water partition coefficient (Wildman–Crippen LogP) is -0.0955. The zero-order chi connectivity index (χ0) is 12.5. The SMILES string of the molecule is O=C(O)[C@@H]1C[C@H]2CC(Cn3cnnn3)CC[C@H]2N1. The van der Waals surface area contributed by atoms with Crippen molar-refractivity contribution in [1.82, 2.24) is 25.5 Å². The summed E-state index contributed by atoms with van der Waals surface area (Å²) in [6.45, 7) is 0.841. The average molecular weight is 251 g/mol. The molecule has 0 bridgehead atoms. The molecule has 1 unspecified atom stereocenters. The zero-order valence-corrected chi connectivity index (χ0v) is 10.1. The van der Waals surface area contributed by atoms with Gasteiger partial charge in [0.25, 0.3) is 0 Å². The smallest absolute Gasteiger partial charge is 0.320 e. The summed E-state index contributed by atoms with van der Waals surface area (Å²) in [5.74, 6) is 0.326. The third-order valence-electron chi connectivity index (χ3n) is 4.18. The molecule has 98 valence electrons. The fraction of sp³-hybridized carbons (Fsp3) is 0.818. The van der Waals surface area contributed by atoms with Crippen LogP contribution in [-0.4, -0.2) is 43.4 Å². The lowest BCUT2D eigenvalue weighted by Crippen LogP contribution is -2.38. The van der Waals surface area contributed by atoms with E-state index >= 15 is 0 Å². The first-order valence-electron chi connectivity index (χ1n) is 6.42. The molecule has 1 aromatic heterocycles. The molecule has 2 N–H and O–H groups in total. The molecular formula is C11H17N5O2. The first-order chi connectivity index (χ1) is 8.72. The average Bonchev–Trinajstić information content (AvgIpc) is 2.96. The van der Waals surface area contributed by atoms with E-state index in [9.17, 15) is 4.79 Å². The van der Waals surface area contributed by atoms with E-state index in [4.69, 9.17) is 5.11 Å². The maximum absolute atomic E-state index is 11.0. The second-order valence-corrected chi connectivity index (χ2v) is 5.37. The van der Waals surface area contributed by atoms with Gasteiger partial charge in [0, 0.05) is 12.6 Å². The molecule has 1 saturated heterocycles. The Morgan fingerprint density at radius 2 is 2.33 bits per heavy atom. The molecular weight excluding hydrogens is 234 g/mol. The number of hydrogen-bond donors (Lipinski definition) is 2. The standard InChI is InChI=1S/C11H17N5O2/c17-11(18)10-4-8-3-7(1-2-9(8)13-10)5-16-6-12-14-15-16/h6-10,13H,1-5H2,(H,17,18)/t7?,8-,9-,10+/m1/s1. The highest BCUT2D eigenvalue weighted by molar-refractivity contribution is 5.74. The Morgan fingerprint density at radius 1 is 1.44 bits per heavy atom. The van der Waals surface area contributed by atoms with Crippen LogP contribution in [0.3, 0.4) is 0 Å². The van der Waals surface area contributed by atoms with Crippen LogP contribution in [0.15, 0.2) is 6.33 Å². The van der Waals surface area contributed by atoms with Gasteiger partial charge in [-0.2, -0.15) is 0 Å².